The zero-order valence-corrected chi connectivity index (χ0v) is 18.5. The minimum Gasteiger partial charge on any atom is -0.327 e. The molecule has 32 heavy (non-hydrogen) atoms. The first-order chi connectivity index (χ1) is 15.6. The third-order valence-corrected chi connectivity index (χ3v) is 6.14. The Morgan fingerprint density at radius 2 is 2.12 bits per heavy atom. The Balaban J connectivity index is 1.37. The van der Waals surface area contributed by atoms with Crippen molar-refractivity contribution in [3.8, 4) is 5.69 Å². The van der Waals surface area contributed by atoms with E-state index in [1.165, 1.54) is 6.33 Å². The van der Waals surface area contributed by atoms with Crippen molar-refractivity contribution in [2.24, 2.45) is 0 Å². The summed E-state index contributed by atoms with van der Waals surface area (Å²) in [5.41, 5.74) is 3.45. The van der Waals surface area contributed by atoms with Crippen molar-refractivity contribution in [3.63, 3.8) is 0 Å². The van der Waals surface area contributed by atoms with Gasteiger partial charge in [0.25, 0.3) is 0 Å². The fourth-order valence-corrected chi connectivity index (χ4v) is 4.68. The van der Waals surface area contributed by atoms with E-state index in [0.717, 1.165) is 42.8 Å². The van der Waals surface area contributed by atoms with E-state index in [2.05, 4.69) is 37.9 Å². The van der Waals surface area contributed by atoms with Gasteiger partial charge in [0.2, 0.25) is 5.91 Å². The highest BCUT2D eigenvalue weighted by Gasteiger charge is 2.31. The second kappa shape index (κ2) is 8.72. The average molecular weight is 450 g/mol. The molecule has 4 aromatic rings. The van der Waals surface area contributed by atoms with E-state index in [1.54, 1.807) is 23.1 Å². The number of anilines is 1. The van der Waals surface area contributed by atoms with E-state index in [9.17, 15) is 4.79 Å². The lowest BCUT2D eigenvalue weighted by Crippen LogP contribution is -2.34. The molecule has 3 heterocycles. The Labute approximate surface area is 190 Å². The molecule has 2 aromatic heterocycles. The van der Waals surface area contributed by atoms with Crippen LogP contribution in [0.2, 0.25) is 5.02 Å². The molecule has 9 heteroatoms. The highest BCUT2D eigenvalue weighted by molar-refractivity contribution is 6.31. The summed E-state index contributed by atoms with van der Waals surface area (Å²) >= 11 is 6.19. The van der Waals surface area contributed by atoms with Crippen LogP contribution in [-0.4, -0.2) is 48.2 Å². The van der Waals surface area contributed by atoms with Crippen molar-refractivity contribution in [1.82, 2.24) is 29.2 Å². The number of benzene rings is 2. The molecule has 5 rings (SSSR count). The summed E-state index contributed by atoms with van der Waals surface area (Å²) in [6.45, 7) is 4.11. The van der Waals surface area contributed by atoms with Crippen molar-refractivity contribution in [1.29, 1.82) is 0 Å². The lowest BCUT2D eigenvalue weighted by molar-refractivity contribution is -0.117. The Morgan fingerprint density at radius 3 is 2.94 bits per heavy atom. The van der Waals surface area contributed by atoms with Crippen LogP contribution in [0.3, 0.4) is 0 Å². The number of amides is 1. The second-order valence-corrected chi connectivity index (χ2v) is 8.32. The van der Waals surface area contributed by atoms with Crippen molar-refractivity contribution >= 4 is 34.2 Å². The minimum atomic E-state index is -0.0975. The third kappa shape index (κ3) is 3.87. The number of carbonyl (C=O) groups is 1. The Hall–Kier alpha value is -3.23. The van der Waals surface area contributed by atoms with Crippen molar-refractivity contribution in [3.05, 3.63) is 66.0 Å². The minimum absolute atomic E-state index is 0.0975. The molecule has 0 spiro atoms. The van der Waals surface area contributed by atoms with Crippen LogP contribution < -0.4 is 5.32 Å². The molecule has 0 radical (unpaired) electrons. The number of likely N-dealkylation sites (tertiary alicyclic amines) is 1. The first kappa shape index (κ1) is 20.7. The summed E-state index contributed by atoms with van der Waals surface area (Å²) in [7, 11) is 0. The molecule has 1 atom stereocenters. The van der Waals surface area contributed by atoms with Gasteiger partial charge in [-0.1, -0.05) is 23.7 Å². The quantitative estimate of drug-likeness (QED) is 0.480. The number of aryl methyl sites for hydroxylation is 1. The van der Waals surface area contributed by atoms with Crippen LogP contribution in [0.15, 0.2) is 55.1 Å². The predicted molar refractivity (Wildman–Crippen MR) is 124 cm³/mol. The van der Waals surface area contributed by atoms with Crippen LogP contribution in [0.25, 0.3) is 16.7 Å². The number of aromatic nitrogens is 5. The number of imidazole rings is 1. The Bertz CT molecular complexity index is 1250. The van der Waals surface area contributed by atoms with E-state index in [0.29, 0.717) is 16.4 Å². The lowest BCUT2D eigenvalue weighted by Gasteiger charge is -2.24. The lowest BCUT2D eigenvalue weighted by atomic mass is 10.2. The molecule has 1 aliphatic rings. The monoisotopic (exact) mass is 449 g/mol. The molecular weight excluding hydrogens is 426 g/mol. The number of para-hydroxylation sites is 2. The summed E-state index contributed by atoms with van der Waals surface area (Å²) in [6.07, 6.45) is 5.06. The normalized spacial score (nSPS) is 16.6. The zero-order chi connectivity index (χ0) is 22.1. The topological polar surface area (TPSA) is 80.9 Å². The molecule has 8 nitrogen and oxygen atoms in total. The molecule has 1 amide bonds. The van der Waals surface area contributed by atoms with E-state index in [-0.39, 0.29) is 18.5 Å². The average Bonchev–Trinajstić information content (AvgIpc) is 3.53. The highest BCUT2D eigenvalue weighted by atomic mass is 35.5. The number of rotatable bonds is 6. The standard InChI is InChI=1S/C23H24ClN7O/c1-2-30-19-7-4-3-6-17(19)28-23(30)21-8-5-11-29(21)13-22(32)27-18-12-16(24)9-10-20(18)31-15-25-14-26-31/h3-4,6-7,9-10,12,14-15,21H,2,5,8,11,13H2,1H3,(H,27,32)/t21-/m0/s1. The Morgan fingerprint density at radius 1 is 1.25 bits per heavy atom. The summed E-state index contributed by atoms with van der Waals surface area (Å²) in [4.78, 5) is 24.2. The second-order valence-electron chi connectivity index (χ2n) is 7.88. The van der Waals surface area contributed by atoms with E-state index in [4.69, 9.17) is 16.6 Å². The number of nitrogens with one attached hydrogen (secondary N) is 1. The first-order valence-electron chi connectivity index (χ1n) is 10.8. The van der Waals surface area contributed by atoms with Crippen molar-refractivity contribution < 1.29 is 4.79 Å². The molecule has 1 aliphatic heterocycles. The van der Waals surface area contributed by atoms with Gasteiger partial charge in [0, 0.05) is 11.6 Å². The fraction of sp³-hybridized carbons (Fsp3) is 0.304. The van der Waals surface area contributed by atoms with Gasteiger partial charge in [-0.15, -0.1) is 0 Å². The fourth-order valence-electron chi connectivity index (χ4n) is 4.50. The van der Waals surface area contributed by atoms with E-state index in [1.807, 2.05) is 24.3 Å². The van der Waals surface area contributed by atoms with Gasteiger partial charge in [-0.05, 0) is 56.6 Å². The van der Waals surface area contributed by atoms with E-state index < -0.39 is 0 Å². The molecule has 1 saturated heterocycles. The number of hydrogen-bond acceptors (Lipinski definition) is 5. The van der Waals surface area contributed by atoms with Crippen LogP contribution in [-0.2, 0) is 11.3 Å². The number of nitrogens with zero attached hydrogens (tertiary/aromatic N) is 6. The number of halogens is 1. The van der Waals surface area contributed by atoms with Crippen LogP contribution >= 0.6 is 11.6 Å². The number of carbonyl (C=O) groups excluding carboxylic acids is 1. The van der Waals surface area contributed by atoms with Gasteiger partial charge in [0.05, 0.1) is 35.0 Å². The van der Waals surface area contributed by atoms with E-state index >= 15 is 0 Å². The zero-order valence-electron chi connectivity index (χ0n) is 17.8. The Kier molecular flexibility index (Phi) is 5.63. The molecule has 0 unspecified atom stereocenters. The van der Waals surface area contributed by atoms with Gasteiger partial charge in [0.15, 0.2) is 0 Å². The maximum absolute atomic E-state index is 13.0. The number of hydrogen-bond donors (Lipinski definition) is 1. The van der Waals surface area contributed by atoms with Crippen LogP contribution in [0, 0.1) is 0 Å². The van der Waals surface area contributed by atoms with Crippen LogP contribution in [0.1, 0.15) is 31.6 Å². The van der Waals surface area contributed by atoms with Crippen molar-refractivity contribution in [2.75, 3.05) is 18.4 Å². The summed E-state index contributed by atoms with van der Waals surface area (Å²) < 4.78 is 3.87. The predicted octanol–water partition coefficient (Wildman–Crippen LogP) is 4.07. The van der Waals surface area contributed by atoms with Gasteiger partial charge in [-0.3, -0.25) is 9.69 Å². The molecule has 0 bridgehead atoms. The van der Waals surface area contributed by atoms with Gasteiger partial charge in [-0.2, -0.15) is 5.10 Å². The SMILES string of the molecule is CCn1c([C@@H]2CCCN2CC(=O)Nc2cc(Cl)ccc2-n2cncn2)nc2ccccc21. The highest BCUT2D eigenvalue weighted by Crippen LogP contribution is 2.33. The van der Waals surface area contributed by atoms with Gasteiger partial charge in [0.1, 0.15) is 18.5 Å². The van der Waals surface area contributed by atoms with Crippen LogP contribution in [0.4, 0.5) is 5.69 Å². The summed E-state index contributed by atoms with van der Waals surface area (Å²) in [5.74, 6) is 0.935. The molecule has 0 aliphatic carbocycles. The maximum atomic E-state index is 13.0. The smallest absolute Gasteiger partial charge is 0.238 e. The molecule has 2 aromatic carbocycles. The molecule has 164 valence electrons. The molecule has 0 saturated carbocycles. The van der Waals surface area contributed by atoms with Gasteiger partial charge in [-0.25, -0.2) is 14.6 Å². The molecule has 1 fully saturated rings. The largest absolute Gasteiger partial charge is 0.327 e. The summed E-state index contributed by atoms with van der Waals surface area (Å²) in [6, 6.07) is 13.6. The van der Waals surface area contributed by atoms with Crippen LogP contribution in [0.5, 0.6) is 0 Å². The summed E-state index contributed by atoms with van der Waals surface area (Å²) in [5, 5.41) is 7.72. The maximum Gasteiger partial charge on any atom is 0.238 e. The van der Waals surface area contributed by atoms with Crippen molar-refractivity contribution in [2.45, 2.75) is 32.4 Å². The van der Waals surface area contributed by atoms with Gasteiger partial charge < -0.3 is 9.88 Å². The number of fused-ring (bicyclic) bond motifs is 1. The third-order valence-electron chi connectivity index (χ3n) is 5.91. The first-order valence-corrected chi connectivity index (χ1v) is 11.2. The van der Waals surface area contributed by atoms with Gasteiger partial charge >= 0.3 is 0 Å². The molecular formula is C23H24ClN7O. The molecule has 1 N–H and O–H groups in total.